The summed E-state index contributed by atoms with van der Waals surface area (Å²) in [6, 6.07) is 11.4. The Hall–Kier alpha value is -2.42. The summed E-state index contributed by atoms with van der Waals surface area (Å²) in [5.74, 6) is -0.455. The Morgan fingerprint density at radius 3 is 2.62 bits per heavy atom. The van der Waals surface area contributed by atoms with Gasteiger partial charge in [-0.05, 0) is 49.2 Å². The second-order valence-corrected chi connectivity index (χ2v) is 8.88. The number of ether oxygens (including phenoxy) is 1. The van der Waals surface area contributed by atoms with E-state index in [1.807, 2.05) is 0 Å². The number of aromatic nitrogens is 1. The molecule has 9 heteroatoms. The molecule has 152 valence electrons. The first-order valence-electron chi connectivity index (χ1n) is 9.07. The van der Waals surface area contributed by atoms with Crippen molar-refractivity contribution in [2.75, 3.05) is 18.5 Å². The van der Waals surface area contributed by atoms with Crippen molar-refractivity contribution in [3.8, 4) is 11.5 Å². The summed E-state index contributed by atoms with van der Waals surface area (Å²) < 4.78 is 50.9. The first-order valence-corrected chi connectivity index (χ1v) is 10.9. The Morgan fingerprint density at radius 1 is 1.17 bits per heavy atom. The molecule has 4 rings (SSSR count). The lowest BCUT2D eigenvalue weighted by Gasteiger charge is -2.10. The number of nitrogens with one attached hydrogen (secondary N) is 1. The van der Waals surface area contributed by atoms with Gasteiger partial charge in [0.1, 0.15) is 5.82 Å². The zero-order chi connectivity index (χ0) is 20.4. The Labute approximate surface area is 172 Å². The van der Waals surface area contributed by atoms with Crippen LogP contribution in [0.15, 0.2) is 62.9 Å². The minimum atomic E-state index is -4.05. The molecule has 1 N–H and O–H groups in total. The van der Waals surface area contributed by atoms with Crippen molar-refractivity contribution in [1.82, 2.24) is 4.98 Å². The number of anilines is 1. The predicted octanol–water partition coefficient (Wildman–Crippen LogP) is 4.56. The number of nitrogens with zero attached hydrogens (tertiary/aromatic N) is 1. The summed E-state index contributed by atoms with van der Waals surface area (Å²) in [5.41, 5.74) is 0.467. The summed E-state index contributed by atoms with van der Waals surface area (Å²) in [4.78, 5) is 4.14. The van der Waals surface area contributed by atoms with Crippen LogP contribution in [0.25, 0.3) is 11.5 Å². The Balaban J connectivity index is 1.75. The third-order valence-electron chi connectivity index (χ3n) is 4.59. The predicted molar refractivity (Wildman–Crippen MR) is 106 cm³/mol. The molecule has 0 aliphatic carbocycles. The van der Waals surface area contributed by atoms with Gasteiger partial charge in [0.25, 0.3) is 0 Å². The number of hydrogen-bond donors (Lipinski definition) is 1. The van der Waals surface area contributed by atoms with Crippen molar-refractivity contribution in [3.05, 3.63) is 59.4 Å². The van der Waals surface area contributed by atoms with E-state index in [0.717, 1.165) is 25.0 Å². The highest BCUT2D eigenvalue weighted by Crippen LogP contribution is 2.35. The van der Waals surface area contributed by atoms with Gasteiger partial charge in [-0.1, -0.05) is 23.7 Å². The van der Waals surface area contributed by atoms with E-state index in [0.29, 0.717) is 23.7 Å². The SMILES string of the molecule is O=S(=O)(c1ccc(F)cc1)c1nc(-c2ccccc2Cl)oc1NCC1CCCO1. The van der Waals surface area contributed by atoms with Crippen LogP contribution in [0.2, 0.25) is 5.02 Å². The number of benzene rings is 2. The summed E-state index contributed by atoms with van der Waals surface area (Å²) in [7, 11) is -4.05. The van der Waals surface area contributed by atoms with Crippen LogP contribution in [-0.4, -0.2) is 32.7 Å². The van der Waals surface area contributed by atoms with Crippen molar-refractivity contribution in [2.45, 2.75) is 28.9 Å². The number of oxazole rings is 1. The third kappa shape index (κ3) is 4.14. The molecular weight excluding hydrogens is 419 g/mol. The highest BCUT2D eigenvalue weighted by molar-refractivity contribution is 7.91. The van der Waals surface area contributed by atoms with Crippen LogP contribution in [0.3, 0.4) is 0 Å². The second-order valence-electron chi connectivity index (χ2n) is 6.61. The molecule has 29 heavy (non-hydrogen) atoms. The van der Waals surface area contributed by atoms with E-state index in [-0.39, 0.29) is 27.8 Å². The summed E-state index contributed by atoms with van der Waals surface area (Å²) in [5, 5.41) is 3.10. The van der Waals surface area contributed by atoms with E-state index < -0.39 is 15.7 Å². The van der Waals surface area contributed by atoms with E-state index in [2.05, 4.69) is 10.3 Å². The molecule has 6 nitrogen and oxygen atoms in total. The fraction of sp³-hybridized carbons (Fsp3) is 0.250. The molecule has 2 heterocycles. The maximum Gasteiger partial charge on any atom is 0.233 e. The van der Waals surface area contributed by atoms with Gasteiger partial charge in [-0.2, -0.15) is 4.98 Å². The van der Waals surface area contributed by atoms with Gasteiger partial charge in [0.05, 0.1) is 21.6 Å². The topological polar surface area (TPSA) is 81.4 Å². The molecule has 1 aliphatic rings. The molecule has 0 bridgehead atoms. The minimum absolute atomic E-state index is 0.000236. The molecule has 0 spiro atoms. The van der Waals surface area contributed by atoms with Crippen LogP contribution < -0.4 is 5.32 Å². The maximum atomic E-state index is 13.3. The van der Waals surface area contributed by atoms with Gasteiger partial charge in [-0.3, -0.25) is 0 Å². The molecule has 3 aromatic rings. The first-order chi connectivity index (χ1) is 13.9. The molecular formula is C20H18ClFN2O4S. The van der Waals surface area contributed by atoms with Crippen molar-refractivity contribution >= 4 is 27.3 Å². The van der Waals surface area contributed by atoms with E-state index in [4.69, 9.17) is 20.8 Å². The summed E-state index contributed by atoms with van der Waals surface area (Å²) in [6.07, 6.45) is 1.79. The zero-order valence-corrected chi connectivity index (χ0v) is 16.8. The molecule has 2 aromatic carbocycles. The van der Waals surface area contributed by atoms with Gasteiger partial charge < -0.3 is 14.5 Å². The number of sulfone groups is 1. The van der Waals surface area contributed by atoms with Crippen molar-refractivity contribution in [2.24, 2.45) is 0 Å². The van der Waals surface area contributed by atoms with Crippen molar-refractivity contribution < 1.29 is 22.0 Å². The van der Waals surface area contributed by atoms with E-state index in [9.17, 15) is 12.8 Å². The highest BCUT2D eigenvalue weighted by Gasteiger charge is 2.29. The van der Waals surface area contributed by atoms with Crippen molar-refractivity contribution in [1.29, 1.82) is 0 Å². The number of rotatable bonds is 6. The van der Waals surface area contributed by atoms with Crippen molar-refractivity contribution in [3.63, 3.8) is 0 Å². The molecule has 1 aliphatic heterocycles. The minimum Gasteiger partial charge on any atom is -0.419 e. The smallest absolute Gasteiger partial charge is 0.233 e. The molecule has 0 amide bonds. The Bertz CT molecular complexity index is 1110. The average molecular weight is 437 g/mol. The fourth-order valence-electron chi connectivity index (χ4n) is 3.09. The van der Waals surface area contributed by atoms with Crippen LogP contribution in [0.1, 0.15) is 12.8 Å². The fourth-order valence-corrected chi connectivity index (χ4v) is 4.58. The van der Waals surface area contributed by atoms with E-state index in [1.54, 1.807) is 24.3 Å². The monoisotopic (exact) mass is 436 g/mol. The molecule has 1 aromatic heterocycles. The van der Waals surface area contributed by atoms with Gasteiger partial charge in [-0.15, -0.1) is 0 Å². The molecule has 1 fully saturated rings. The summed E-state index contributed by atoms with van der Waals surface area (Å²) >= 11 is 6.22. The normalized spacial score (nSPS) is 16.8. The van der Waals surface area contributed by atoms with Crippen LogP contribution >= 0.6 is 11.6 Å². The van der Waals surface area contributed by atoms with Gasteiger partial charge in [0, 0.05) is 13.2 Å². The molecule has 0 saturated carbocycles. The molecule has 1 unspecified atom stereocenters. The van der Waals surface area contributed by atoms with E-state index >= 15 is 0 Å². The van der Waals surface area contributed by atoms with Gasteiger partial charge in [0.2, 0.25) is 26.6 Å². The second kappa shape index (κ2) is 8.14. The lowest BCUT2D eigenvalue weighted by Crippen LogP contribution is -2.19. The first kappa shape index (κ1) is 19.9. The quantitative estimate of drug-likeness (QED) is 0.570. The number of halogens is 2. The molecule has 1 saturated heterocycles. The van der Waals surface area contributed by atoms with Crippen LogP contribution in [-0.2, 0) is 14.6 Å². The molecule has 1 atom stereocenters. The zero-order valence-electron chi connectivity index (χ0n) is 15.3. The highest BCUT2D eigenvalue weighted by atomic mass is 35.5. The van der Waals surface area contributed by atoms with Gasteiger partial charge >= 0.3 is 0 Å². The number of hydrogen-bond acceptors (Lipinski definition) is 6. The third-order valence-corrected chi connectivity index (χ3v) is 6.60. The lowest BCUT2D eigenvalue weighted by molar-refractivity contribution is 0.120. The summed E-state index contributed by atoms with van der Waals surface area (Å²) in [6.45, 7) is 1.05. The van der Waals surface area contributed by atoms with Crippen LogP contribution in [0.4, 0.5) is 10.3 Å². The molecule has 0 radical (unpaired) electrons. The van der Waals surface area contributed by atoms with Gasteiger partial charge in [-0.25, -0.2) is 12.8 Å². The standard InChI is InChI=1S/C20H18ClFN2O4S/c21-17-6-2-1-5-16(17)18-24-20(19(28-18)23-12-14-4-3-11-27-14)29(25,26)15-9-7-13(22)8-10-15/h1-2,5-10,14,23H,3-4,11-12H2. The van der Waals surface area contributed by atoms with Crippen LogP contribution in [0.5, 0.6) is 0 Å². The lowest BCUT2D eigenvalue weighted by atomic mass is 10.2. The van der Waals surface area contributed by atoms with Gasteiger partial charge in [0.15, 0.2) is 0 Å². The largest absolute Gasteiger partial charge is 0.419 e. The maximum absolute atomic E-state index is 13.3. The average Bonchev–Trinajstić information content (AvgIpc) is 3.37. The van der Waals surface area contributed by atoms with Crippen LogP contribution in [0, 0.1) is 5.82 Å². The Morgan fingerprint density at radius 2 is 1.93 bits per heavy atom. The van der Waals surface area contributed by atoms with E-state index in [1.165, 1.54) is 12.1 Å². The Kier molecular flexibility index (Phi) is 5.58.